The molecule has 0 aliphatic carbocycles. The van der Waals surface area contributed by atoms with Crippen molar-refractivity contribution < 1.29 is 19.4 Å². The van der Waals surface area contributed by atoms with Crippen LogP contribution in [0.5, 0.6) is 5.75 Å². The minimum absolute atomic E-state index is 0.155. The number of hydrogen-bond donors (Lipinski definition) is 1. The molecule has 1 N–H and O–H groups in total. The minimum Gasteiger partial charge on any atom is -0.508 e. The highest BCUT2D eigenvalue weighted by molar-refractivity contribution is 6.19. The molecule has 1 aromatic rings. The number of carbonyl (C=O) groups is 1. The van der Waals surface area contributed by atoms with Crippen LogP contribution in [0.3, 0.4) is 0 Å². The molecule has 0 heterocycles. The van der Waals surface area contributed by atoms with Crippen LogP contribution in [0.1, 0.15) is 6.92 Å². The number of benzene rings is 1. The van der Waals surface area contributed by atoms with Crippen LogP contribution in [-0.4, -0.2) is 30.7 Å². The zero-order chi connectivity index (χ0) is 15.0. The number of methoxy groups -OCH3 is 1. The fourth-order valence-corrected chi connectivity index (χ4v) is 1.42. The van der Waals surface area contributed by atoms with Crippen LogP contribution >= 0.6 is 11.6 Å². The Morgan fingerprint density at radius 1 is 1.40 bits per heavy atom. The van der Waals surface area contributed by atoms with Crippen molar-refractivity contribution in [1.29, 1.82) is 0 Å². The number of allylic oxidation sites excluding steroid dienone is 1. The zero-order valence-electron chi connectivity index (χ0n) is 11.2. The molecular formula is C13H15ClN2O4. The van der Waals surface area contributed by atoms with Gasteiger partial charge >= 0.3 is 5.97 Å². The summed E-state index contributed by atoms with van der Waals surface area (Å²) in [7, 11) is 1.49. The van der Waals surface area contributed by atoms with Crippen LogP contribution in [0, 0.1) is 0 Å². The molecule has 0 aliphatic rings. The summed E-state index contributed by atoms with van der Waals surface area (Å²) in [4.78, 5) is 11.6. The van der Waals surface area contributed by atoms with Gasteiger partial charge in [0.15, 0.2) is 0 Å². The second-order valence-corrected chi connectivity index (χ2v) is 3.79. The van der Waals surface area contributed by atoms with Crippen molar-refractivity contribution in [2.75, 3.05) is 19.6 Å². The molecule has 0 radical (unpaired) electrons. The number of rotatable bonds is 6. The van der Waals surface area contributed by atoms with E-state index in [1.54, 1.807) is 31.2 Å². The van der Waals surface area contributed by atoms with Gasteiger partial charge in [-0.15, -0.1) is 21.8 Å². The molecule has 7 heteroatoms. The lowest BCUT2D eigenvalue weighted by atomic mass is 10.3. The highest BCUT2D eigenvalue weighted by Crippen LogP contribution is 2.27. The molecule has 0 fully saturated rings. The summed E-state index contributed by atoms with van der Waals surface area (Å²) in [5, 5.41) is 17.2. The largest absolute Gasteiger partial charge is 0.508 e. The Morgan fingerprint density at radius 2 is 2.10 bits per heavy atom. The molecule has 0 unspecified atom stereocenters. The first-order valence-electron chi connectivity index (χ1n) is 5.84. The molecule has 0 spiro atoms. The van der Waals surface area contributed by atoms with Gasteiger partial charge in [0.2, 0.25) is 5.70 Å². The van der Waals surface area contributed by atoms with Gasteiger partial charge in [-0.05, 0) is 19.1 Å². The molecule has 0 atom stereocenters. The number of aliphatic hydroxyl groups excluding tert-OH is 1. The smallest absolute Gasteiger partial charge is 0.362 e. The Balaban J connectivity index is 3.07. The molecule has 6 nitrogen and oxygen atoms in total. The Morgan fingerprint density at radius 3 is 2.70 bits per heavy atom. The van der Waals surface area contributed by atoms with E-state index in [1.807, 2.05) is 0 Å². The van der Waals surface area contributed by atoms with Crippen LogP contribution in [0.15, 0.2) is 46.0 Å². The summed E-state index contributed by atoms with van der Waals surface area (Å²) < 4.78 is 9.87. The van der Waals surface area contributed by atoms with E-state index in [4.69, 9.17) is 21.1 Å². The summed E-state index contributed by atoms with van der Waals surface area (Å²) in [5.41, 5.74) is 0.0897. The van der Waals surface area contributed by atoms with E-state index < -0.39 is 11.7 Å². The van der Waals surface area contributed by atoms with Gasteiger partial charge in [0.1, 0.15) is 17.2 Å². The van der Waals surface area contributed by atoms with Gasteiger partial charge in [0.05, 0.1) is 19.6 Å². The van der Waals surface area contributed by atoms with Crippen LogP contribution in [0.2, 0.25) is 0 Å². The Labute approximate surface area is 121 Å². The van der Waals surface area contributed by atoms with Crippen molar-refractivity contribution in [3.05, 3.63) is 35.7 Å². The number of aliphatic hydroxyl groups is 1. The SMILES string of the molecule is CCOC(=O)/C(N=Nc1ccccc1OC)=C(\O)CCl. The van der Waals surface area contributed by atoms with Crippen molar-refractivity contribution >= 4 is 23.3 Å². The number of hydrogen-bond acceptors (Lipinski definition) is 6. The second kappa shape index (κ2) is 8.16. The zero-order valence-corrected chi connectivity index (χ0v) is 11.9. The van der Waals surface area contributed by atoms with E-state index in [1.165, 1.54) is 7.11 Å². The van der Waals surface area contributed by atoms with Crippen molar-refractivity contribution in [2.45, 2.75) is 6.92 Å². The van der Waals surface area contributed by atoms with E-state index in [-0.39, 0.29) is 18.2 Å². The van der Waals surface area contributed by atoms with Crippen LogP contribution in [-0.2, 0) is 9.53 Å². The third kappa shape index (κ3) is 4.24. The van der Waals surface area contributed by atoms with Gasteiger partial charge in [-0.25, -0.2) is 4.79 Å². The molecule has 0 saturated carbocycles. The molecule has 1 rings (SSSR count). The number of esters is 1. The second-order valence-electron chi connectivity index (χ2n) is 3.52. The first-order chi connectivity index (χ1) is 9.63. The maximum absolute atomic E-state index is 11.6. The summed E-state index contributed by atoms with van der Waals surface area (Å²) in [5.74, 6) is -0.961. The van der Waals surface area contributed by atoms with Crippen LogP contribution in [0.4, 0.5) is 5.69 Å². The van der Waals surface area contributed by atoms with Gasteiger partial charge in [-0.1, -0.05) is 12.1 Å². The number of ether oxygens (including phenoxy) is 2. The molecule has 0 bridgehead atoms. The van der Waals surface area contributed by atoms with E-state index >= 15 is 0 Å². The monoisotopic (exact) mass is 298 g/mol. The number of nitrogens with zero attached hydrogens (tertiary/aromatic N) is 2. The number of azo groups is 1. The van der Waals surface area contributed by atoms with E-state index in [0.717, 1.165) is 0 Å². The Kier molecular flexibility index (Phi) is 6.52. The van der Waals surface area contributed by atoms with Crippen molar-refractivity contribution in [1.82, 2.24) is 0 Å². The lowest BCUT2D eigenvalue weighted by Gasteiger charge is -2.04. The van der Waals surface area contributed by atoms with Crippen LogP contribution < -0.4 is 4.74 Å². The van der Waals surface area contributed by atoms with Gasteiger partial charge in [-0.2, -0.15) is 0 Å². The predicted molar refractivity (Wildman–Crippen MR) is 74.5 cm³/mol. The lowest BCUT2D eigenvalue weighted by molar-refractivity contribution is -0.138. The quantitative estimate of drug-likeness (QED) is 0.287. The topological polar surface area (TPSA) is 80.5 Å². The fourth-order valence-electron chi connectivity index (χ4n) is 1.30. The summed E-state index contributed by atoms with van der Waals surface area (Å²) in [6, 6.07) is 6.87. The number of halogens is 1. The number of para-hydroxylation sites is 1. The van der Waals surface area contributed by atoms with Gasteiger partial charge in [-0.3, -0.25) is 0 Å². The number of carbonyl (C=O) groups excluding carboxylic acids is 1. The molecule has 0 saturated heterocycles. The average molecular weight is 299 g/mol. The van der Waals surface area contributed by atoms with Gasteiger partial charge < -0.3 is 14.6 Å². The van der Waals surface area contributed by atoms with E-state index in [0.29, 0.717) is 11.4 Å². The fraction of sp³-hybridized carbons (Fsp3) is 0.308. The standard InChI is InChI=1S/C13H15ClN2O4/c1-3-20-13(18)12(10(17)8-14)16-15-9-6-4-5-7-11(9)19-2/h4-7,17H,3,8H2,1-2H3/b12-10+,16-15?. The van der Waals surface area contributed by atoms with E-state index in [2.05, 4.69) is 10.2 Å². The van der Waals surface area contributed by atoms with E-state index in [9.17, 15) is 9.90 Å². The predicted octanol–water partition coefficient (Wildman–Crippen LogP) is 3.35. The lowest BCUT2D eigenvalue weighted by Crippen LogP contribution is -2.09. The average Bonchev–Trinajstić information content (AvgIpc) is 2.47. The van der Waals surface area contributed by atoms with Crippen molar-refractivity contribution in [3.63, 3.8) is 0 Å². The Bertz CT molecular complexity index is 529. The summed E-state index contributed by atoms with van der Waals surface area (Å²) in [6.45, 7) is 1.80. The van der Waals surface area contributed by atoms with Crippen molar-refractivity contribution in [2.24, 2.45) is 10.2 Å². The normalized spacial score (nSPS) is 12.2. The molecule has 0 amide bonds. The molecule has 0 aliphatic heterocycles. The summed E-state index contributed by atoms with van der Waals surface area (Å²) >= 11 is 5.49. The third-order valence-corrected chi connectivity index (χ3v) is 2.46. The molecule has 108 valence electrons. The maximum Gasteiger partial charge on any atom is 0.362 e. The molecule has 0 aromatic heterocycles. The minimum atomic E-state index is -0.788. The molecular weight excluding hydrogens is 284 g/mol. The highest BCUT2D eigenvalue weighted by atomic mass is 35.5. The number of alkyl halides is 1. The Hall–Kier alpha value is -2.08. The molecule has 20 heavy (non-hydrogen) atoms. The summed E-state index contributed by atoms with van der Waals surface area (Å²) in [6.07, 6.45) is 0. The molecule has 1 aromatic carbocycles. The maximum atomic E-state index is 11.6. The van der Waals surface area contributed by atoms with Crippen LogP contribution in [0.25, 0.3) is 0 Å². The first-order valence-corrected chi connectivity index (χ1v) is 6.37. The van der Waals surface area contributed by atoms with Gasteiger partial charge in [0.25, 0.3) is 0 Å². The van der Waals surface area contributed by atoms with Crippen molar-refractivity contribution in [3.8, 4) is 5.75 Å². The third-order valence-electron chi connectivity index (χ3n) is 2.21. The highest BCUT2D eigenvalue weighted by Gasteiger charge is 2.16. The first kappa shape index (κ1) is 16.0. The van der Waals surface area contributed by atoms with Gasteiger partial charge in [0, 0.05) is 0 Å².